The Hall–Kier alpha value is -1.92. The normalized spacial score (nSPS) is 24.0. The molecule has 2 aromatic heterocycles. The van der Waals surface area contributed by atoms with Crippen LogP contribution >= 0.6 is 12.2 Å². The lowest BCUT2D eigenvalue weighted by Crippen LogP contribution is -2.32. The minimum atomic E-state index is -0.00236. The molecular weight excluding hydrogens is 344 g/mol. The maximum Gasteiger partial charge on any atom is 0.170 e. The highest BCUT2D eigenvalue weighted by Gasteiger charge is 2.39. The summed E-state index contributed by atoms with van der Waals surface area (Å²) in [5.74, 6) is 0. The van der Waals surface area contributed by atoms with E-state index in [1.165, 1.54) is 37.7 Å². The van der Waals surface area contributed by atoms with Crippen LogP contribution < -0.4 is 5.32 Å². The number of pyridine rings is 1. The first-order valence-corrected chi connectivity index (χ1v) is 9.95. The van der Waals surface area contributed by atoms with Crippen molar-refractivity contribution < 1.29 is 5.11 Å². The zero-order valence-corrected chi connectivity index (χ0v) is 15.7. The molecule has 1 aliphatic carbocycles. The second-order valence-electron chi connectivity index (χ2n) is 7.23. The molecule has 2 aliphatic rings. The lowest BCUT2D eigenvalue weighted by atomic mass is 9.95. The summed E-state index contributed by atoms with van der Waals surface area (Å²) in [6.07, 6.45) is 12.8. The number of hydrogen-bond donors (Lipinski definition) is 2. The van der Waals surface area contributed by atoms with Gasteiger partial charge >= 0.3 is 0 Å². The molecule has 1 aliphatic heterocycles. The van der Waals surface area contributed by atoms with E-state index in [1.807, 2.05) is 24.4 Å². The highest BCUT2D eigenvalue weighted by Crippen LogP contribution is 2.39. The van der Waals surface area contributed by atoms with Crippen molar-refractivity contribution in [3.05, 3.63) is 54.1 Å². The average molecular weight is 371 g/mol. The second kappa shape index (κ2) is 7.76. The number of β-amino-alcohol motifs (C(OH)–C–C–N with tert-alkyl or cyclic N) is 1. The van der Waals surface area contributed by atoms with E-state index < -0.39 is 0 Å². The third-order valence-corrected chi connectivity index (χ3v) is 5.97. The number of aromatic nitrogens is 2. The fourth-order valence-corrected chi connectivity index (χ4v) is 4.66. The molecule has 2 aromatic rings. The van der Waals surface area contributed by atoms with Crippen molar-refractivity contribution in [2.45, 2.75) is 50.2 Å². The van der Waals surface area contributed by atoms with Gasteiger partial charge in [-0.05, 0) is 48.8 Å². The highest BCUT2D eigenvalue weighted by atomic mass is 32.1. The molecule has 0 aromatic carbocycles. The van der Waals surface area contributed by atoms with Crippen molar-refractivity contribution >= 4 is 17.3 Å². The summed E-state index contributed by atoms with van der Waals surface area (Å²) in [4.78, 5) is 6.64. The van der Waals surface area contributed by atoms with Gasteiger partial charge in [0.05, 0.1) is 24.4 Å². The Balaban J connectivity index is 1.65. The lowest BCUT2D eigenvalue weighted by Gasteiger charge is -2.27. The molecule has 6 heteroatoms. The van der Waals surface area contributed by atoms with E-state index in [2.05, 4.69) is 38.2 Å². The number of nitrogens with one attached hydrogen (secondary N) is 1. The van der Waals surface area contributed by atoms with Crippen LogP contribution in [0.4, 0.5) is 0 Å². The molecule has 0 amide bonds. The quantitative estimate of drug-likeness (QED) is 0.791. The van der Waals surface area contributed by atoms with E-state index in [4.69, 9.17) is 12.2 Å². The molecule has 1 saturated carbocycles. The first kappa shape index (κ1) is 17.5. The molecule has 2 unspecified atom stereocenters. The van der Waals surface area contributed by atoms with Crippen molar-refractivity contribution in [3.63, 3.8) is 0 Å². The van der Waals surface area contributed by atoms with Gasteiger partial charge in [-0.2, -0.15) is 0 Å². The predicted octanol–water partition coefficient (Wildman–Crippen LogP) is 3.35. The number of aliphatic hydroxyl groups excluding tert-OH is 1. The average Bonchev–Trinajstić information content (AvgIpc) is 3.29. The number of aliphatic hydroxyl groups is 1. The lowest BCUT2D eigenvalue weighted by molar-refractivity contribution is 0.223. The van der Waals surface area contributed by atoms with Crippen molar-refractivity contribution in [2.75, 3.05) is 13.2 Å². The molecule has 2 fully saturated rings. The van der Waals surface area contributed by atoms with Crippen LogP contribution in [0.2, 0.25) is 0 Å². The molecular formula is C20H26N4OS. The summed E-state index contributed by atoms with van der Waals surface area (Å²) in [6, 6.07) is 8.83. The van der Waals surface area contributed by atoms with Crippen LogP contribution in [-0.4, -0.2) is 37.8 Å². The Morgan fingerprint density at radius 2 is 2.04 bits per heavy atom. The van der Waals surface area contributed by atoms with E-state index in [1.54, 1.807) is 0 Å². The zero-order valence-electron chi connectivity index (χ0n) is 14.9. The number of rotatable bonds is 5. The fraction of sp³-hybridized carbons (Fsp3) is 0.500. The van der Waals surface area contributed by atoms with Gasteiger partial charge in [0.15, 0.2) is 5.11 Å². The first-order chi connectivity index (χ1) is 12.8. The molecule has 1 saturated heterocycles. The van der Waals surface area contributed by atoms with Crippen LogP contribution in [-0.2, 0) is 0 Å². The molecule has 2 atom stereocenters. The number of nitrogens with zero attached hydrogens (tertiary/aromatic N) is 3. The SMILES string of the molecule is OCCN1C(=S)NC(c2ccccn2)C1c1ccn(C2CCCCC2)c1. The predicted molar refractivity (Wildman–Crippen MR) is 106 cm³/mol. The summed E-state index contributed by atoms with van der Waals surface area (Å²) < 4.78 is 2.38. The Morgan fingerprint density at radius 1 is 1.19 bits per heavy atom. The van der Waals surface area contributed by atoms with Crippen molar-refractivity contribution in [2.24, 2.45) is 0 Å². The molecule has 5 nitrogen and oxygen atoms in total. The zero-order chi connectivity index (χ0) is 17.9. The van der Waals surface area contributed by atoms with E-state index in [0.717, 1.165) is 5.69 Å². The fourth-order valence-electron chi connectivity index (χ4n) is 4.33. The minimum absolute atomic E-state index is 0.00236. The Kier molecular flexibility index (Phi) is 5.22. The van der Waals surface area contributed by atoms with Crippen LogP contribution in [0, 0.1) is 0 Å². The van der Waals surface area contributed by atoms with Crippen LogP contribution in [0.3, 0.4) is 0 Å². The van der Waals surface area contributed by atoms with E-state index in [0.29, 0.717) is 17.7 Å². The largest absolute Gasteiger partial charge is 0.395 e. The standard InChI is InChI=1S/C20H26N4OS/c25-13-12-24-19(18(22-20(24)26)17-8-4-5-10-21-17)15-9-11-23(14-15)16-6-2-1-3-7-16/h4-5,8-11,14,16,18-19,25H,1-3,6-7,12-13H2,(H,22,26). The van der Waals surface area contributed by atoms with Crippen molar-refractivity contribution in [3.8, 4) is 0 Å². The second-order valence-corrected chi connectivity index (χ2v) is 7.61. The maximum atomic E-state index is 9.53. The Morgan fingerprint density at radius 3 is 2.77 bits per heavy atom. The third kappa shape index (κ3) is 3.35. The topological polar surface area (TPSA) is 53.3 Å². The molecule has 3 heterocycles. The Bertz CT molecular complexity index is 741. The van der Waals surface area contributed by atoms with Crippen LogP contribution in [0.5, 0.6) is 0 Å². The minimum Gasteiger partial charge on any atom is -0.395 e. The summed E-state index contributed by atoms with van der Waals surface area (Å²) in [5, 5.41) is 13.6. The van der Waals surface area contributed by atoms with Crippen LogP contribution in [0.15, 0.2) is 42.9 Å². The molecule has 4 rings (SSSR count). The first-order valence-electron chi connectivity index (χ1n) is 9.54. The molecule has 138 valence electrons. The maximum absolute atomic E-state index is 9.53. The molecule has 2 N–H and O–H groups in total. The van der Waals surface area contributed by atoms with Crippen molar-refractivity contribution in [1.82, 2.24) is 19.8 Å². The van der Waals surface area contributed by atoms with Gasteiger partial charge in [0.25, 0.3) is 0 Å². The number of thiocarbonyl (C=S) groups is 1. The number of hydrogen-bond acceptors (Lipinski definition) is 3. The molecule has 26 heavy (non-hydrogen) atoms. The van der Waals surface area contributed by atoms with Gasteiger partial charge in [0, 0.05) is 31.2 Å². The van der Waals surface area contributed by atoms with Crippen molar-refractivity contribution in [1.29, 1.82) is 0 Å². The van der Waals surface area contributed by atoms with Gasteiger partial charge in [-0.1, -0.05) is 25.3 Å². The van der Waals surface area contributed by atoms with E-state index in [-0.39, 0.29) is 18.7 Å². The van der Waals surface area contributed by atoms with Gasteiger partial charge in [-0.3, -0.25) is 4.98 Å². The highest BCUT2D eigenvalue weighted by molar-refractivity contribution is 7.80. The van der Waals surface area contributed by atoms with Gasteiger partial charge < -0.3 is 19.9 Å². The van der Waals surface area contributed by atoms with E-state index >= 15 is 0 Å². The van der Waals surface area contributed by atoms with Crippen LogP contribution in [0.1, 0.15) is 61.5 Å². The van der Waals surface area contributed by atoms with Gasteiger partial charge in [-0.15, -0.1) is 0 Å². The van der Waals surface area contributed by atoms with E-state index in [9.17, 15) is 5.11 Å². The summed E-state index contributed by atoms with van der Waals surface area (Å²) in [6.45, 7) is 0.602. The van der Waals surface area contributed by atoms with Gasteiger partial charge in [0.1, 0.15) is 0 Å². The molecule has 0 spiro atoms. The third-order valence-electron chi connectivity index (χ3n) is 5.61. The summed E-state index contributed by atoms with van der Waals surface area (Å²) in [5.41, 5.74) is 2.21. The smallest absolute Gasteiger partial charge is 0.170 e. The summed E-state index contributed by atoms with van der Waals surface area (Å²) in [7, 11) is 0. The van der Waals surface area contributed by atoms with Gasteiger partial charge in [0.2, 0.25) is 0 Å². The summed E-state index contributed by atoms with van der Waals surface area (Å²) >= 11 is 5.56. The molecule has 0 radical (unpaired) electrons. The Labute approximate surface area is 160 Å². The van der Waals surface area contributed by atoms with Crippen LogP contribution in [0.25, 0.3) is 0 Å². The monoisotopic (exact) mass is 370 g/mol. The molecule has 0 bridgehead atoms. The van der Waals surface area contributed by atoms with Gasteiger partial charge in [-0.25, -0.2) is 0 Å².